The van der Waals surface area contributed by atoms with Crippen molar-refractivity contribution < 1.29 is 19.1 Å². The Hall–Kier alpha value is -2.70. The van der Waals surface area contributed by atoms with Gasteiger partial charge >= 0.3 is 11.9 Å². The normalized spacial score (nSPS) is 10.6. The maximum atomic E-state index is 12.0. The van der Waals surface area contributed by atoms with Crippen LogP contribution in [-0.4, -0.2) is 40.1 Å². The Kier molecular flexibility index (Phi) is 5.85. The highest BCUT2D eigenvalue weighted by atomic mass is 16.6. The van der Waals surface area contributed by atoms with E-state index in [2.05, 4.69) is 10.3 Å². The Bertz CT molecular complexity index is 636. The van der Waals surface area contributed by atoms with Crippen molar-refractivity contribution in [2.75, 3.05) is 13.2 Å². The van der Waals surface area contributed by atoms with Crippen LogP contribution < -0.4 is 0 Å². The molecule has 1 aromatic carbocycles. The van der Waals surface area contributed by atoms with Gasteiger partial charge in [-0.2, -0.15) is 0 Å². The predicted molar refractivity (Wildman–Crippen MR) is 81.6 cm³/mol. The van der Waals surface area contributed by atoms with Crippen molar-refractivity contribution in [3.63, 3.8) is 0 Å². The summed E-state index contributed by atoms with van der Waals surface area (Å²) < 4.78 is 11.4. The van der Waals surface area contributed by atoms with E-state index in [-0.39, 0.29) is 18.9 Å². The van der Waals surface area contributed by atoms with Gasteiger partial charge < -0.3 is 9.47 Å². The number of ether oxygens (including phenoxy) is 2. The van der Waals surface area contributed by atoms with Gasteiger partial charge in [0, 0.05) is 0 Å². The van der Waals surface area contributed by atoms with Crippen LogP contribution in [0.1, 0.15) is 31.0 Å². The number of carbonyl (C=O) groups is 2. The molecule has 0 saturated heterocycles. The molecule has 0 spiro atoms. The van der Waals surface area contributed by atoms with Crippen LogP contribution in [0.15, 0.2) is 36.5 Å². The summed E-state index contributed by atoms with van der Waals surface area (Å²) in [5.74, 6) is -2.57. The quantitative estimate of drug-likeness (QED) is 0.569. The van der Waals surface area contributed by atoms with Gasteiger partial charge in [-0.25, -0.2) is 4.68 Å². The highest BCUT2D eigenvalue weighted by Crippen LogP contribution is 2.17. The molecule has 0 atom stereocenters. The smallest absolute Gasteiger partial charge is 0.326 e. The predicted octanol–water partition coefficient (Wildman–Crippen LogP) is 1.54. The maximum Gasteiger partial charge on any atom is 0.326 e. The fourth-order valence-corrected chi connectivity index (χ4v) is 2.08. The number of rotatable bonds is 7. The molecule has 7 nitrogen and oxygen atoms in total. The van der Waals surface area contributed by atoms with Gasteiger partial charge in [0.1, 0.15) is 5.69 Å². The van der Waals surface area contributed by atoms with E-state index in [1.165, 1.54) is 0 Å². The van der Waals surface area contributed by atoms with Gasteiger partial charge in [0.05, 0.1) is 26.0 Å². The standard InChI is InChI=1S/C16H19N3O4/c1-3-22-15(20)14(16(21)23-4-2)13-11-19(18-17-13)10-12-8-6-5-7-9-12/h5-9,11,14H,3-4,10H2,1-2H3. The number of hydrogen-bond acceptors (Lipinski definition) is 6. The van der Waals surface area contributed by atoms with E-state index in [9.17, 15) is 9.59 Å². The number of benzene rings is 1. The van der Waals surface area contributed by atoms with E-state index in [0.29, 0.717) is 6.54 Å². The molecule has 1 aromatic heterocycles. The van der Waals surface area contributed by atoms with E-state index in [4.69, 9.17) is 9.47 Å². The van der Waals surface area contributed by atoms with Crippen LogP contribution in [0.25, 0.3) is 0 Å². The van der Waals surface area contributed by atoms with Gasteiger partial charge in [-0.1, -0.05) is 35.5 Å². The topological polar surface area (TPSA) is 83.3 Å². The van der Waals surface area contributed by atoms with Gasteiger partial charge in [-0.15, -0.1) is 5.10 Å². The zero-order chi connectivity index (χ0) is 16.7. The molecule has 0 unspecified atom stereocenters. The summed E-state index contributed by atoms with van der Waals surface area (Å²) in [6.45, 7) is 4.19. The molecule has 0 bridgehead atoms. The Morgan fingerprint density at radius 3 is 2.26 bits per heavy atom. The molecule has 0 N–H and O–H groups in total. The second-order valence-corrected chi connectivity index (χ2v) is 4.76. The summed E-state index contributed by atoms with van der Waals surface area (Å²) in [5, 5.41) is 7.90. The Labute approximate surface area is 134 Å². The summed E-state index contributed by atoms with van der Waals surface area (Å²) >= 11 is 0. The molecule has 2 aromatic rings. The van der Waals surface area contributed by atoms with Gasteiger partial charge in [0.2, 0.25) is 0 Å². The molecule has 0 fully saturated rings. The lowest BCUT2D eigenvalue weighted by atomic mass is 10.1. The highest BCUT2D eigenvalue weighted by Gasteiger charge is 2.34. The summed E-state index contributed by atoms with van der Waals surface area (Å²) in [7, 11) is 0. The van der Waals surface area contributed by atoms with E-state index in [1.54, 1.807) is 24.7 Å². The van der Waals surface area contributed by atoms with Crippen molar-refractivity contribution in [1.29, 1.82) is 0 Å². The highest BCUT2D eigenvalue weighted by molar-refractivity contribution is 6.00. The number of carbonyl (C=O) groups excluding carboxylic acids is 2. The first-order valence-corrected chi connectivity index (χ1v) is 7.43. The monoisotopic (exact) mass is 317 g/mol. The Morgan fingerprint density at radius 2 is 1.70 bits per heavy atom. The van der Waals surface area contributed by atoms with Crippen LogP contribution >= 0.6 is 0 Å². The summed E-state index contributed by atoms with van der Waals surface area (Å²) in [4.78, 5) is 24.1. The molecule has 0 radical (unpaired) electrons. The van der Waals surface area contributed by atoms with Crippen molar-refractivity contribution >= 4 is 11.9 Å². The average molecular weight is 317 g/mol. The van der Waals surface area contributed by atoms with Crippen LogP contribution in [0.3, 0.4) is 0 Å². The molecule has 0 saturated carbocycles. The third-order valence-electron chi connectivity index (χ3n) is 3.08. The largest absolute Gasteiger partial charge is 0.465 e. The van der Waals surface area contributed by atoms with Crippen molar-refractivity contribution in [2.45, 2.75) is 26.3 Å². The average Bonchev–Trinajstić information content (AvgIpc) is 2.97. The minimum absolute atomic E-state index is 0.174. The SMILES string of the molecule is CCOC(=O)C(C(=O)OCC)c1cn(Cc2ccccc2)nn1. The third kappa shape index (κ3) is 4.38. The first-order valence-electron chi connectivity index (χ1n) is 7.43. The van der Waals surface area contributed by atoms with Gasteiger partial charge in [-0.05, 0) is 19.4 Å². The lowest BCUT2D eigenvalue weighted by Gasteiger charge is -2.11. The van der Waals surface area contributed by atoms with Crippen LogP contribution in [0.4, 0.5) is 0 Å². The molecule has 122 valence electrons. The first-order chi connectivity index (χ1) is 11.2. The maximum absolute atomic E-state index is 12.0. The van der Waals surface area contributed by atoms with E-state index >= 15 is 0 Å². The van der Waals surface area contributed by atoms with E-state index in [1.807, 2.05) is 30.3 Å². The molecule has 0 aliphatic carbocycles. The molecular weight excluding hydrogens is 298 g/mol. The molecule has 7 heteroatoms. The van der Waals surface area contributed by atoms with Crippen molar-refractivity contribution in [3.8, 4) is 0 Å². The van der Waals surface area contributed by atoms with Crippen molar-refractivity contribution in [3.05, 3.63) is 47.8 Å². The number of hydrogen-bond donors (Lipinski definition) is 0. The zero-order valence-corrected chi connectivity index (χ0v) is 13.1. The van der Waals surface area contributed by atoms with E-state index in [0.717, 1.165) is 5.56 Å². The summed E-state index contributed by atoms with van der Waals surface area (Å²) in [6.07, 6.45) is 1.56. The first kappa shape index (κ1) is 16.7. The molecule has 23 heavy (non-hydrogen) atoms. The summed E-state index contributed by atoms with van der Waals surface area (Å²) in [5.41, 5.74) is 1.26. The lowest BCUT2D eigenvalue weighted by Crippen LogP contribution is -2.26. The van der Waals surface area contributed by atoms with Crippen molar-refractivity contribution in [2.24, 2.45) is 0 Å². The fraction of sp³-hybridized carbons (Fsp3) is 0.375. The Morgan fingerprint density at radius 1 is 1.09 bits per heavy atom. The molecular formula is C16H19N3O4. The minimum atomic E-state index is -1.21. The fourth-order valence-electron chi connectivity index (χ4n) is 2.08. The van der Waals surface area contributed by atoms with Gasteiger partial charge in [-0.3, -0.25) is 9.59 Å². The van der Waals surface area contributed by atoms with Crippen LogP contribution in [0.5, 0.6) is 0 Å². The van der Waals surface area contributed by atoms with Gasteiger partial charge in [0.25, 0.3) is 0 Å². The second kappa shape index (κ2) is 8.07. The Balaban J connectivity index is 2.19. The number of esters is 2. The summed E-state index contributed by atoms with van der Waals surface area (Å²) in [6, 6.07) is 9.68. The zero-order valence-electron chi connectivity index (χ0n) is 13.1. The minimum Gasteiger partial charge on any atom is -0.465 e. The lowest BCUT2D eigenvalue weighted by molar-refractivity contribution is -0.157. The molecule has 0 aliphatic heterocycles. The van der Waals surface area contributed by atoms with Crippen LogP contribution in [0, 0.1) is 0 Å². The molecule has 2 rings (SSSR count). The van der Waals surface area contributed by atoms with Crippen LogP contribution in [-0.2, 0) is 25.6 Å². The van der Waals surface area contributed by atoms with E-state index < -0.39 is 17.9 Å². The van der Waals surface area contributed by atoms with Crippen LogP contribution in [0.2, 0.25) is 0 Å². The third-order valence-corrected chi connectivity index (χ3v) is 3.08. The van der Waals surface area contributed by atoms with Gasteiger partial charge in [0.15, 0.2) is 5.92 Å². The van der Waals surface area contributed by atoms with Crippen molar-refractivity contribution in [1.82, 2.24) is 15.0 Å². The molecule has 0 aliphatic rings. The second-order valence-electron chi connectivity index (χ2n) is 4.76. The molecule has 1 heterocycles. The molecule has 0 amide bonds. The number of aromatic nitrogens is 3. The number of nitrogens with zero attached hydrogens (tertiary/aromatic N) is 3.